The van der Waals surface area contributed by atoms with E-state index >= 15 is 0 Å². The third kappa shape index (κ3) is 4.16. The van der Waals surface area contributed by atoms with Crippen LogP contribution in [-0.2, 0) is 9.53 Å². The molecule has 1 amide bonds. The molecule has 1 aliphatic rings. The van der Waals surface area contributed by atoms with Crippen molar-refractivity contribution in [2.24, 2.45) is 0 Å². The zero-order valence-corrected chi connectivity index (χ0v) is 14.1. The molecule has 0 aromatic heterocycles. The maximum absolute atomic E-state index is 12.6. The van der Waals surface area contributed by atoms with Gasteiger partial charge < -0.3 is 14.5 Å². The number of benzene rings is 1. The van der Waals surface area contributed by atoms with Gasteiger partial charge in [0.2, 0.25) is 0 Å². The molecule has 0 N–H and O–H groups in total. The lowest BCUT2D eigenvalue weighted by Gasteiger charge is -2.18. The van der Waals surface area contributed by atoms with E-state index in [2.05, 4.69) is 4.74 Å². The van der Waals surface area contributed by atoms with E-state index in [4.69, 9.17) is 0 Å². The smallest absolute Gasteiger partial charge is 0.315 e. The highest BCUT2D eigenvalue weighted by Gasteiger charge is 2.27. The molecule has 0 saturated carbocycles. The SMILES string of the molecule is COC(=O)CS[C@@H]1CCN(C(=O)c2cccc(N(C)C)c2)C1. The molecule has 1 aromatic rings. The lowest BCUT2D eigenvalue weighted by atomic mass is 10.1. The molecule has 0 aliphatic carbocycles. The molecule has 0 bridgehead atoms. The molecule has 1 atom stereocenters. The van der Waals surface area contributed by atoms with Gasteiger partial charge in [-0.25, -0.2) is 0 Å². The molecule has 2 rings (SSSR count). The van der Waals surface area contributed by atoms with Crippen LogP contribution in [-0.4, -0.2) is 62.1 Å². The quantitative estimate of drug-likeness (QED) is 0.775. The van der Waals surface area contributed by atoms with Gasteiger partial charge in [0, 0.05) is 43.7 Å². The van der Waals surface area contributed by atoms with E-state index in [9.17, 15) is 9.59 Å². The summed E-state index contributed by atoms with van der Waals surface area (Å²) in [5, 5.41) is 0.306. The van der Waals surface area contributed by atoms with Crippen molar-refractivity contribution >= 4 is 29.3 Å². The Balaban J connectivity index is 1.94. The second-order valence-electron chi connectivity index (χ2n) is 5.49. The number of ether oxygens (including phenoxy) is 1. The number of rotatable bonds is 5. The van der Waals surface area contributed by atoms with Gasteiger partial charge in [-0.05, 0) is 24.6 Å². The van der Waals surface area contributed by atoms with Crippen molar-refractivity contribution in [3.05, 3.63) is 29.8 Å². The van der Waals surface area contributed by atoms with Crippen LogP contribution in [0, 0.1) is 0 Å². The predicted octanol–water partition coefficient (Wildman–Crippen LogP) is 1.87. The molecule has 0 unspecified atom stereocenters. The van der Waals surface area contributed by atoms with Gasteiger partial charge in [0.25, 0.3) is 5.91 Å². The first-order valence-electron chi connectivity index (χ1n) is 7.26. The van der Waals surface area contributed by atoms with Gasteiger partial charge in [-0.2, -0.15) is 0 Å². The van der Waals surface area contributed by atoms with Gasteiger partial charge in [0.1, 0.15) is 0 Å². The van der Waals surface area contributed by atoms with Gasteiger partial charge in [0.05, 0.1) is 12.9 Å². The summed E-state index contributed by atoms with van der Waals surface area (Å²) in [6.45, 7) is 1.43. The van der Waals surface area contributed by atoms with Crippen LogP contribution in [0.15, 0.2) is 24.3 Å². The molecule has 5 nitrogen and oxygen atoms in total. The lowest BCUT2D eigenvalue weighted by molar-refractivity contribution is -0.137. The molecule has 0 radical (unpaired) electrons. The van der Waals surface area contributed by atoms with E-state index < -0.39 is 0 Å². The zero-order chi connectivity index (χ0) is 16.1. The number of amides is 1. The van der Waals surface area contributed by atoms with E-state index in [0.29, 0.717) is 23.1 Å². The second-order valence-corrected chi connectivity index (χ2v) is 6.78. The van der Waals surface area contributed by atoms with Crippen LogP contribution >= 0.6 is 11.8 Å². The third-order valence-corrected chi connectivity index (χ3v) is 4.96. The molecular weight excluding hydrogens is 300 g/mol. The molecule has 1 fully saturated rings. The number of hydrogen-bond donors (Lipinski definition) is 0. The Bertz CT molecular complexity index is 548. The van der Waals surface area contributed by atoms with E-state index in [0.717, 1.165) is 18.7 Å². The molecular formula is C16H22N2O3S. The largest absolute Gasteiger partial charge is 0.468 e. The Hall–Kier alpha value is -1.69. The summed E-state index contributed by atoms with van der Waals surface area (Å²) in [5.41, 5.74) is 1.73. The molecule has 1 aromatic carbocycles. The number of hydrogen-bond acceptors (Lipinski definition) is 5. The summed E-state index contributed by atoms with van der Waals surface area (Å²) < 4.78 is 4.64. The first-order chi connectivity index (χ1) is 10.5. The van der Waals surface area contributed by atoms with Gasteiger partial charge in [0.15, 0.2) is 0 Å². The molecule has 120 valence electrons. The minimum absolute atomic E-state index is 0.0601. The summed E-state index contributed by atoms with van der Waals surface area (Å²) in [5.74, 6) is 0.192. The number of likely N-dealkylation sites (tertiary alicyclic amines) is 1. The Kier molecular flexibility index (Phi) is 5.71. The van der Waals surface area contributed by atoms with Crippen LogP contribution in [0.3, 0.4) is 0 Å². The molecule has 0 spiro atoms. The van der Waals surface area contributed by atoms with E-state index in [1.807, 2.05) is 48.2 Å². The van der Waals surface area contributed by atoms with Gasteiger partial charge in [-0.15, -0.1) is 11.8 Å². The third-order valence-electron chi connectivity index (χ3n) is 3.71. The number of methoxy groups -OCH3 is 1. The molecule has 22 heavy (non-hydrogen) atoms. The maximum Gasteiger partial charge on any atom is 0.315 e. The van der Waals surface area contributed by atoms with Crippen molar-refractivity contribution in [3.8, 4) is 0 Å². The number of carbonyl (C=O) groups is 2. The first-order valence-corrected chi connectivity index (χ1v) is 8.31. The lowest BCUT2D eigenvalue weighted by Crippen LogP contribution is -2.29. The van der Waals surface area contributed by atoms with Crippen LogP contribution in [0.5, 0.6) is 0 Å². The Labute approximate surface area is 135 Å². The normalized spacial score (nSPS) is 17.4. The average Bonchev–Trinajstić information content (AvgIpc) is 3.00. The maximum atomic E-state index is 12.6. The van der Waals surface area contributed by atoms with Crippen LogP contribution < -0.4 is 4.90 Å². The van der Waals surface area contributed by atoms with E-state index in [1.165, 1.54) is 7.11 Å². The minimum Gasteiger partial charge on any atom is -0.468 e. The van der Waals surface area contributed by atoms with Crippen molar-refractivity contribution in [1.29, 1.82) is 0 Å². The highest BCUT2D eigenvalue weighted by molar-refractivity contribution is 8.00. The van der Waals surface area contributed by atoms with Gasteiger partial charge >= 0.3 is 5.97 Å². The highest BCUT2D eigenvalue weighted by Crippen LogP contribution is 2.24. The fourth-order valence-electron chi connectivity index (χ4n) is 2.39. The number of esters is 1. The van der Waals surface area contributed by atoms with Crippen molar-refractivity contribution in [2.45, 2.75) is 11.7 Å². The summed E-state index contributed by atoms with van der Waals surface area (Å²) in [7, 11) is 5.31. The monoisotopic (exact) mass is 322 g/mol. The van der Waals surface area contributed by atoms with Crippen LogP contribution in [0.4, 0.5) is 5.69 Å². The summed E-state index contributed by atoms with van der Waals surface area (Å²) >= 11 is 1.56. The molecule has 1 aliphatic heterocycles. The average molecular weight is 322 g/mol. The topological polar surface area (TPSA) is 49.9 Å². The predicted molar refractivity (Wildman–Crippen MR) is 89.6 cm³/mol. The number of nitrogens with zero attached hydrogens (tertiary/aromatic N) is 2. The van der Waals surface area contributed by atoms with Crippen LogP contribution in [0.25, 0.3) is 0 Å². The number of carbonyl (C=O) groups excluding carboxylic acids is 2. The number of thioether (sulfide) groups is 1. The van der Waals surface area contributed by atoms with Gasteiger partial charge in [-0.1, -0.05) is 6.07 Å². The van der Waals surface area contributed by atoms with Crippen LogP contribution in [0.1, 0.15) is 16.8 Å². The Morgan fingerprint density at radius 1 is 1.41 bits per heavy atom. The van der Waals surface area contributed by atoms with Crippen LogP contribution in [0.2, 0.25) is 0 Å². The minimum atomic E-state index is -0.214. The highest BCUT2D eigenvalue weighted by atomic mass is 32.2. The molecule has 6 heteroatoms. The first kappa shape index (κ1) is 16.7. The fraction of sp³-hybridized carbons (Fsp3) is 0.500. The van der Waals surface area contributed by atoms with E-state index in [-0.39, 0.29) is 11.9 Å². The fourth-order valence-corrected chi connectivity index (χ4v) is 3.44. The van der Waals surface area contributed by atoms with Crippen molar-refractivity contribution in [2.75, 3.05) is 44.9 Å². The number of anilines is 1. The second kappa shape index (κ2) is 7.54. The van der Waals surface area contributed by atoms with Crippen molar-refractivity contribution < 1.29 is 14.3 Å². The molecule has 1 saturated heterocycles. The van der Waals surface area contributed by atoms with Gasteiger partial charge in [-0.3, -0.25) is 9.59 Å². The van der Waals surface area contributed by atoms with Crippen molar-refractivity contribution in [1.82, 2.24) is 4.90 Å². The summed E-state index contributed by atoms with van der Waals surface area (Å²) in [6.07, 6.45) is 0.917. The van der Waals surface area contributed by atoms with E-state index in [1.54, 1.807) is 11.8 Å². The molecule has 1 heterocycles. The standard InChI is InChI=1S/C16H22N2O3S/c1-17(2)13-6-4-5-12(9-13)16(20)18-8-7-14(10-18)22-11-15(19)21-3/h4-6,9,14H,7-8,10-11H2,1-3H3/t14-/m1/s1. The van der Waals surface area contributed by atoms with Crippen molar-refractivity contribution in [3.63, 3.8) is 0 Å². The zero-order valence-electron chi connectivity index (χ0n) is 13.2. The summed E-state index contributed by atoms with van der Waals surface area (Å²) in [4.78, 5) is 27.6. The Morgan fingerprint density at radius 3 is 2.86 bits per heavy atom. The Morgan fingerprint density at radius 2 is 2.18 bits per heavy atom. The summed E-state index contributed by atoms with van der Waals surface area (Å²) in [6, 6.07) is 7.65.